The van der Waals surface area contributed by atoms with Crippen molar-refractivity contribution in [1.82, 2.24) is 5.32 Å². The summed E-state index contributed by atoms with van der Waals surface area (Å²) in [5.41, 5.74) is 5.81. The zero-order valence-corrected chi connectivity index (χ0v) is 10.6. The Morgan fingerprint density at radius 3 is 3.06 bits per heavy atom. The van der Waals surface area contributed by atoms with E-state index in [4.69, 9.17) is 22.1 Å². The third kappa shape index (κ3) is 3.60. The van der Waals surface area contributed by atoms with Crippen LogP contribution in [0.4, 0.5) is 0 Å². The van der Waals surface area contributed by atoms with E-state index in [0.29, 0.717) is 30.0 Å². The van der Waals surface area contributed by atoms with Gasteiger partial charge in [-0.25, -0.2) is 0 Å². The fraction of sp³-hybridized carbons (Fsp3) is 0.538. The molecule has 0 radical (unpaired) electrons. The van der Waals surface area contributed by atoms with Crippen molar-refractivity contribution < 1.29 is 4.74 Å². The Labute approximate surface area is 107 Å². The molecule has 1 aromatic carbocycles. The van der Waals surface area contributed by atoms with Crippen molar-refractivity contribution in [3.05, 3.63) is 29.3 Å². The van der Waals surface area contributed by atoms with E-state index < -0.39 is 0 Å². The fourth-order valence-electron chi connectivity index (χ4n) is 2.24. The van der Waals surface area contributed by atoms with Gasteiger partial charge in [-0.1, -0.05) is 17.7 Å². The first-order valence-corrected chi connectivity index (χ1v) is 6.46. The maximum absolute atomic E-state index is 5.91. The summed E-state index contributed by atoms with van der Waals surface area (Å²) in [5, 5.41) is 4.07. The van der Waals surface area contributed by atoms with Gasteiger partial charge in [0.05, 0.1) is 6.61 Å². The van der Waals surface area contributed by atoms with Gasteiger partial charge in [0, 0.05) is 10.9 Å². The van der Waals surface area contributed by atoms with Crippen LogP contribution in [-0.2, 0) is 0 Å². The summed E-state index contributed by atoms with van der Waals surface area (Å²) in [6.07, 6.45) is 1.20. The van der Waals surface area contributed by atoms with Crippen LogP contribution < -0.4 is 15.8 Å². The van der Waals surface area contributed by atoms with Crippen LogP contribution in [0.25, 0.3) is 0 Å². The maximum Gasteiger partial charge on any atom is 0.120 e. The summed E-state index contributed by atoms with van der Waals surface area (Å²) >= 11 is 5.91. The van der Waals surface area contributed by atoms with Crippen LogP contribution in [0.15, 0.2) is 24.3 Å². The minimum atomic E-state index is 0.420. The average Bonchev–Trinajstić information content (AvgIpc) is 2.84. The normalized spacial score (nSPS) is 21.4. The van der Waals surface area contributed by atoms with E-state index in [9.17, 15) is 0 Å². The summed E-state index contributed by atoms with van der Waals surface area (Å²) in [5.74, 6) is 1.88. The second-order valence-corrected chi connectivity index (χ2v) is 4.95. The molecular weight excluding hydrogens is 236 g/mol. The second kappa shape index (κ2) is 6.24. The van der Waals surface area contributed by atoms with Crippen LogP contribution in [0.1, 0.15) is 6.42 Å². The molecule has 2 unspecified atom stereocenters. The zero-order chi connectivity index (χ0) is 12.1. The number of rotatable bonds is 5. The van der Waals surface area contributed by atoms with Gasteiger partial charge in [0.25, 0.3) is 0 Å². The standard InChI is InChI=1S/C13H19ClN2O/c14-12-2-1-3-13(6-12)17-9-11(7-15)10-4-5-16-8-10/h1-3,6,10-11,16H,4-5,7-9,15H2. The first kappa shape index (κ1) is 12.7. The Hall–Kier alpha value is -0.770. The summed E-state index contributed by atoms with van der Waals surface area (Å²) in [4.78, 5) is 0. The first-order valence-electron chi connectivity index (χ1n) is 6.08. The third-order valence-electron chi connectivity index (χ3n) is 3.33. The Morgan fingerprint density at radius 1 is 1.53 bits per heavy atom. The molecule has 3 nitrogen and oxygen atoms in total. The largest absolute Gasteiger partial charge is 0.493 e. The molecule has 0 aliphatic carbocycles. The SMILES string of the molecule is NCC(COc1cccc(Cl)c1)C1CCNC1. The van der Waals surface area contributed by atoms with Crippen LogP contribution in [0, 0.1) is 11.8 Å². The molecule has 17 heavy (non-hydrogen) atoms. The molecule has 1 aromatic rings. The third-order valence-corrected chi connectivity index (χ3v) is 3.56. The lowest BCUT2D eigenvalue weighted by atomic mass is 9.92. The number of hydrogen-bond donors (Lipinski definition) is 2. The Kier molecular flexibility index (Phi) is 4.66. The van der Waals surface area contributed by atoms with Crippen LogP contribution in [0.2, 0.25) is 5.02 Å². The van der Waals surface area contributed by atoms with Crippen molar-refractivity contribution in [1.29, 1.82) is 0 Å². The van der Waals surface area contributed by atoms with Gasteiger partial charge in [0.15, 0.2) is 0 Å². The van der Waals surface area contributed by atoms with Crippen molar-refractivity contribution >= 4 is 11.6 Å². The Morgan fingerprint density at radius 2 is 2.41 bits per heavy atom. The lowest BCUT2D eigenvalue weighted by molar-refractivity contribution is 0.206. The summed E-state index contributed by atoms with van der Waals surface area (Å²) in [7, 11) is 0. The molecule has 4 heteroatoms. The van der Waals surface area contributed by atoms with Gasteiger partial charge >= 0.3 is 0 Å². The van der Waals surface area contributed by atoms with Crippen molar-refractivity contribution in [3.8, 4) is 5.75 Å². The molecule has 2 rings (SSSR count). The highest BCUT2D eigenvalue weighted by Crippen LogP contribution is 2.21. The molecular formula is C13H19ClN2O. The van der Waals surface area contributed by atoms with Crippen molar-refractivity contribution in [2.45, 2.75) is 6.42 Å². The number of hydrogen-bond acceptors (Lipinski definition) is 3. The molecule has 0 amide bonds. The first-order chi connectivity index (χ1) is 8.29. The van der Waals surface area contributed by atoms with E-state index in [1.54, 1.807) is 0 Å². The smallest absolute Gasteiger partial charge is 0.120 e. The lowest BCUT2D eigenvalue weighted by Gasteiger charge is -2.21. The molecule has 94 valence electrons. The van der Waals surface area contributed by atoms with E-state index in [-0.39, 0.29) is 0 Å². The van der Waals surface area contributed by atoms with Crippen LogP contribution in [0.3, 0.4) is 0 Å². The van der Waals surface area contributed by atoms with Gasteiger partial charge in [-0.2, -0.15) is 0 Å². The van der Waals surface area contributed by atoms with Crippen molar-refractivity contribution in [2.24, 2.45) is 17.6 Å². The van der Waals surface area contributed by atoms with Crippen LogP contribution >= 0.6 is 11.6 Å². The second-order valence-electron chi connectivity index (χ2n) is 4.52. The summed E-state index contributed by atoms with van der Waals surface area (Å²) < 4.78 is 5.76. The van der Waals surface area contributed by atoms with Gasteiger partial charge in [-0.05, 0) is 50.2 Å². The van der Waals surface area contributed by atoms with Crippen molar-refractivity contribution in [3.63, 3.8) is 0 Å². The molecule has 1 fully saturated rings. The lowest BCUT2D eigenvalue weighted by Crippen LogP contribution is -2.30. The molecule has 2 atom stereocenters. The number of benzene rings is 1. The van der Waals surface area contributed by atoms with Gasteiger partial charge in [0.2, 0.25) is 0 Å². The van der Waals surface area contributed by atoms with Crippen LogP contribution in [-0.4, -0.2) is 26.2 Å². The quantitative estimate of drug-likeness (QED) is 0.844. The summed E-state index contributed by atoms with van der Waals surface area (Å²) in [6, 6.07) is 7.50. The number of ether oxygens (including phenoxy) is 1. The van der Waals surface area contributed by atoms with Gasteiger partial charge in [-0.3, -0.25) is 0 Å². The Bertz CT molecular complexity index is 353. The number of nitrogens with one attached hydrogen (secondary N) is 1. The van der Waals surface area contributed by atoms with Crippen molar-refractivity contribution in [2.75, 3.05) is 26.2 Å². The molecule has 0 spiro atoms. The van der Waals surface area contributed by atoms with Gasteiger partial charge in [0.1, 0.15) is 5.75 Å². The van der Waals surface area contributed by atoms with E-state index >= 15 is 0 Å². The maximum atomic E-state index is 5.91. The predicted molar refractivity (Wildman–Crippen MR) is 70.5 cm³/mol. The molecule has 1 heterocycles. The number of halogens is 1. The molecule has 3 N–H and O–H groups in total. The fourth-order valence-corrected chi connectivity index (χ4v) is 2.42. The van der Waals surface area contributed by atoms with Gasteiger partial charge < -0.3 is 15.8 Å². The predicted octanol–water partition coefficient (Wildman–Crippen LogP) is 1.90. The van der Waals surface area contributed by atoms with E-state index in [1.807, 2.05) is 24.3 Å². The molecule has 0 saturated carbocycles. The van der Waals surface area contributed by atoms with Crippen LogP contribution in [0.5, 0.6) is 5.75 Å². The Balaban J connectivity index is 1.87. The molecule has 1 aliphatic heterocycles. The highest BCUT2D eigenvalue weighted by Gasteiger charge is 2.24. The molecule has 1 aliphatic rings. The number of nitrogens with two attached hydrogens (primary N) is 1. The van der Waals surface area contributed by atoms with E-state index in [0.717, 1.165) is 18.8 Å². The molecule has 1 saturated heterocycles. The average molecular weight is 255 g/mol. The summed E-state index contributed by atoms with van der Waals surface area (Å²) in [6.45, 7) is 3.50. The zero-order valence-electron chi connectivity index (χ0n) is 9.86. The minimum absolute atomic E-state index is 0.420. The highest BCUT2D eigenvalue weighted by molar-refractivity contribution is 6.30. The molecule has 0 aromatic heterocycles. The highest BCUT2D eigenvalue weighted by atomic mass is 35.5. The minimum Gasteiger partial charge on any atom is -0.493 e. The molecule has 0 bridgehead atoms. The topological polar surface area (TPSA) is 47.3 Å². The van der Waals surface area contributed by atoms with Gasteiger partial charge in [-0.15, -0.1) is 0 Å². The van der Waals surface area contributed by atoms with E-state index in [2.05, 4.69) is 5.32 Å². The monoisotopic (exact) mass is 254 g/mol. The van der Waals surface area contributed by atoms with E-state index in [1.165, 1.54) is 6.42 Å².